The maximum Gasteiger partial charge on any atom is 0.240 e. The fourth-order valence-corrected chi connectivity index (χ4v) is 4.32. The zero-order valence-electron chi connectivity index (χ0n) is 13.4. The molecule has 4 aromatic rings. The number of aromatic amines is 1. The van der Waals surface area contributed by atoms with Gasteiger partial charge >= 0.3 is 0 Å². The van der Waals surface area contributed by atoms with Crippen molar-refractivity contribution in [3.8, 4) is 22.3 Å². The molecule has 25 heavy (non-hydrogen) atoms. The normalized spacial score (nSPS) is 11.9. The monoisotopic (exact) mass is 369 g/mol. The van der Waals surface area contributed by atoms with Gasteiger partial charge in [-0.25, -0.2) is 18.1 Å². The molecule has 0 unspecified atom stereocenters. The second-order valence-electron chi connectivity index (χ2n) is 5.53. The number of hydrogen-bond acceptors (Lipinski definition) is 4. The van der Waals surface area contributed by atoms with Gasteiger partial charge in [-0.2, -0.15) is 11.3 Å². The maximum atomic E-state index is 12.1. The Balaban J connectivity index is 1.96. The number of benzene rings is 1. The second-order valence-corrected chi connectivity index (χ2v) is 8.20. The average molecular weight is 369 g/mol. The van der Waals surface area contributed by atoms with Crippen LogP contribution in [0.2, 0.25) is 0 Å². The van der Waals surface area contributed by atoms with Gasteiger partial charge in [0.05, 0.1) is 4.90 Å². The lowest BCUT2D eigenvalue weighted by molar-refractivity contribution is 0.588. The largest absolute Gasteiger partial charge is 0.345 e. The molecule has 0 spiro atoms. The van der Waals surface area contributed by atoms with Crippen molar-refractivity contribution in [2.45, 2.75) is 4.90 Å². The van der Waals surface area contributed by atoms with Gasteiger partial charge < -0.3 is 4.98 Å². The van der Waals surface area contributed by atoms with Crippen LogP contribution in [0.4, 0.5) is 0 Å². The van der Waals surface area contributed by atoms with Gasteiger partial charge in [0.1, 0.15) is 5.65 Å². The zero-order chi connectivity index (χ0) is 17.4. The summed E-state index contributed by atoms with van der Waals surface area (Å²) in [6.07, 6.45) is 3.65. The van der Waals surface area contributed by atoms with Crippen LogP contribution in [0.15, 0.2) is 64.4 Å². The first-order chi connectivity index (χ1) is 12.1. The van der Waals surface area contributed by atoms with Crippen LogP contribution in [-0.4, -0.2) is 25.4 Å². The molecule has 3 heterocycles. The first kappa shape index (κ1) is 16.0. The third-order valence-electron chi connectivity index (χ3n) is 4.13. The van der Waals surface area contributed by atoms with E-state index in [1.54, 1.807) is 35.7 Å². The van der Waals surface area contributed by atoms with Crippen molar-refractivity contribution >= 4 is 32.4 Å². The van der Waals surface area contributed by atoms with Crippen LogP contribution in [-0.2, 0) is 10.0 Å². The van der Waals surface area contributed by atoms with Gasteiger partial charge in [0.15, 0.2) is 0 Å². The Morgan fingerprint density at radius 3 is 2.76 bits per heavy atom. The molecule has 0 bridgehead atoms. The van der Waals surface area contributed by atoms with Gasteiger partial charge in [0, 0.05) is 23.3 Å². The number of nitrogens with zero attached hydrogens (tertiary/aromatic N) is 1. The highest BCUT2D eigenvalue weighted by molar-refractivity contribution is 7.89. The molecule has 0 aliphatic heterocycles. The summed E-state index contributed by atoms with van der Waals surface area (Å²) in [5.74, 6) is 0. The molecular weight excluding hydrogens is 354 g/mol. The minimum Gasteiger partial charge on any atom is -0.345 e. The molecule has 0 fully saturated rings. The molecule has 4 rings (SSSR count). The van der Waals surface area contributed by atoms with Crippen molar-refractivity contribution in [2.24, 2.45) is 0 Å². The van der Waals surface area contributed by atoms with Gasteiger partial charge in [-0.1, -0.05) is 12.1 Å². The molecule has 0 saturated carbocycles. The fraction of sp³-hybridized carbons (Fsp3) is 0.0556. The van der Waals surface area contributed by atoms with Crippen LogP contribution in [0, 0.1) is 0 Å². The Bertz CT molecular complexity index is 1150. The number of aromatic nitrogens is 2. The van der Waals surface area contributed by atoms with E-state index in [0.29, 0.717) is 0 Å². The SMILES string of the molecule is CNS(=O)(=O)c1cccc(-c2c[nH]c3nccc(-c4ccsc4)c23)c1. The fourth-order valence-electron chi connectivity index (χ4n) is 2.89. The van der Waals surface area contributed by atoms with Crippen molar-refractivity contribution in [3.63, 3.8) is 0 Å². The standard InChI is InChI=1S/C18H15N3O2S2/c1-19-25(22,23)14-4-2-3-12(9-14)16-10-21-18-17(16)15(5-7-20-18)13-6-8-24-11-13/h2-11,19H,1H3,(H,20,21). The van der Waals surface area contributed by atoms with Gasteiger partial charge in [-0.15, -0.1) is 0 Å². The minimum absolute atomic E-state index is 0.239. The van der Waals surface area contributed by atoms with E-state index in [9.17, 15) is 8.42 Å². The van der Waals surface area contributed by atoms with Crippen LogP contribution < -0.4 is 4.72 Å². The van der Waals surface area contributed by atoms with Crippen molar-refractivity contribution in [2.75, 3.05) is 7.05 Å². The molecule has 0 saturated heterocycles. The second kappa shape index (κ2) is 6.11. The average Bonchev–Trinajstić information content (AvgIpc) is 3.31. The molecule has 7 heteroatoms. The first-order valence-electron chi connectivity index (χ1n) is 7.63. The third-order valence-corrected chi connectivity index (χ3v) is 6.23. The summed E-state index contributed by atoms with van der Waals surface area (Å²) in [4.78, 5) is 7.83. The molecular formula is C18H15N3O2S2. The number of nitrogens with one attached hydrogen (secondary N) is 2. The number of sulfonamides is 1. The minimum atomic E-state index is -3.49. The summed E-state index contributed by atoms with van der Waals surface area (Å²) in [6.45, 7) is 0. The highest BCUT2D eigenvalue weighted by Crippen LogP contribution is 2.36. The quantitative estimate of drug-likeness (QED) is 0.573. The number of hydrogen-bond donors (Lipinski definition) is 2. The predicted octanol–water partition coefficient (Wildman–Crippen LogP) is 3.87. The Morgan fingerprint density at radius 2 is 2.00 bits per heavy atom. The first-order valence-corrected chi connectivity index (χ1v) is 10.1. The Labute approximate surface area is 149 Å². The summed E-state index contributed by atoms with van der Waals surface area (Å²) in [5, 5.41) is 5.11. The maximum absolute atomic E-state index is 12.1. The number of fused-ring (bicyclic) bond motifs is 1. The Kier molecular flexibility index (Phi) is 3.91. The van der Waals surface area contributed by atoms with Crippen LogP contribution in [0.3, 0.4) is 0 Å². The molecule has 5 nitrogen and oxygen atoms in total. The number of rotatable bonds is 4. The highest BCUT2D eigenvalue weighted by Gasteiger charge is 2.16. The van der Waals surface area contributed by atoms with E-state index in [1.165, 1.54) is 7.05 Å². The third kappa shape index (κ3) is 2.76. The predicted molar refractivity (Wildman–Crippen MR) is 101 cm³/mol. The van der Waals surface area contributed by atoms with Crippen LogP contribution in [0.1, 0.15) is 0 Å². The molecule has 0 aliphatic rings. The topological polar surface area (TPSA) is 74.8 Å². The summed E-state index contributed by atoms with van der Waals surface area (Å²) in [7, 11) is -2.08. The summed E-state index contributed by atoms with van der Waals surface area (Å²) in [5.41, 5.74) is 4.73. The Hall–Kier alpha value is -2.48. The van der Waals surface area contributed by atoms with E-state index >= 15 is 0 Å². The summed E-state index contributed by atoms with van der Waals surface area (Å²) in [6, 6.07) is 11.0. The Morgan fingerprint density at radius 1 is 1.12 bits per heavy atom. The van der Waals surface area contributed by atoms with Gasteiger partial charge in [-0.05, 0) is 58.8 Å². The number of pyridine rings is 1. The van der Waals surface area contributed by atoms with Crippen molar-refractivity contribution < 1.29 is 8.42 Å². The lowest BCUT2D eigenvalue weighted by Crippen LogP contribution is -2.18. The van der Waals surface area contributed by atoms with Crippen LogP contribution >= 0.6 is 11.3 Å². The lowest BCUT2D eigenvalue weighted by atomic mass is 10.00. The smallest absolute Gasteiger partial charge is 0.240 e. The highest BCUT2D eigenvalue weighted by atomic mass is 32.2. The van der Waals surface area contributed by atoms with Gasteiger partial charge in [0.25, 0.3) is 0 Å². The van der Waals surface area contributed by atoms with Crippen LogP contribution in [0.5, 0.6) is 0 Å². The summed E-state index contributed by atoms with van der Waals surface area (Å²) < 4.78 is 26.6. The van der Waals surface area contributed by atoms with E-state index in [1.807, 2.05) is 23.7 Å². The zero-order valence-corrected chi connectivity index (χ0v) is 15.0. The molecule has 2 N–H and O–H groups in total. The van der Waals surface area contributed by atoms with E-state index in [-0.39, 0.29) is 4.90 Å². The lowest BCUT2D eigenvalue weighted by Gasteiger charge is -2.07. The molecule has 0 amide bonds. The van der Waals surface area contributed by atoms with Gasteiger partial charge in [0.2, 0.25) is 10.0 Å². The van der Waals surface area contributed by atoms with Crippen molar-refractivity contribution in [1.82, 2.24) is 14.7 Å². The molecule has 0 atom stereocenters. The molecule has 3 aromatic heterocycles. The molecule has 1 aromatic carbocycles. The van der Waals surface area contributed by atoms with E-state index in [0.717, 1.165) is 33.3 Å². The molecule has 126 valence electrons. The van der Waals surface area contributed by atoms with Gasteiger partial charge in [-0.3, -0.25) is 0 Å². The van der Waals surface area contributed by atoms with E-state index < -0.39 is 10.0 Å². The summed E-state index contributed by atoms with van der Waals surface area (Å²) >= 11 is 1.64. The number of H-pyrrole nitrogens is 1. The molecule has 0 radical (unpaired) electrons. The molecule has 0 aliphatic carbocycles. The van der Waals surface area contributed by atoms with Crippen molar-refractivity contribution in [1.29, 1.82) is 0 Å². The number of thiophene rings is 1. The van der Waals surface area contributed by atoms with E-state index in [2.05, 4.69) is 26.1 Å². The van der Waals surface area contributed by atoms with Crippen molar-refractivity contribution in [3.05, 3.63) is 59.6 Å². The van der Waals surface area contributed by atoms with Crippen LogP contribution in [0.25, 0.3) is 33.3 Å². The van der Waals surface area contributed by atoms with E-state index in [4.69, 9.17) is 0 Å².